The predicted molar refractivity (Wildman–Crippen MR) is 161 cm³/mol. The third kappa shape index (κ3) is 6.78. The molecule has 0 bridgehead atoms. The number of rotatable bonds is 10. The minimum atomic E-state index is 0.117. The zero-order valence-electron chi connectivity index (χ0n) is 22.8. The summed E-state index contributed by atoms with van der Waals surface area (Å²) in [6.45, 7) is 3.25. The Morgan fingerprint density at radius 2 is 1.80 bits per heavy atom. The average molecular weight is 568 g/mol. The average Bonchev–Trinajstić information content (AvgIpc) is 3.74. The molecule has 10 nitrogen and oxygen atoms in total. The van der Waals surface area contributed by atoms with Crippen LogP contribution in [0.4, 0.5) is 23.1 Å². The lowest BCUT2D eigenvalue weighted by atomic mass is 9.96. The van der Waals surface area contributed by atoms with E-state index in [1.54, 1.807) is 6.20 Å². The highest BCUT2D eigenvalue weighted by atomic mass is 32.2. The van der Waals surface area contributed by atoms with E-state index in [2.05, 4.69) is 48.2 Å². The van der Waals surface area contributed by atoms with Gasteiger partial charge in [-0.2, -0.15) is 10.4 Å². The molecule has 1 saturated heterocycles. The number of pyridine rings is 1. The second kappa shape index (κ2) is 13.0. The Bertz CT molecular complexity index is 1460. The van der Waals surface area contributed by atoms with Crippen LogP contribution in [-0.2, 0) is 4.74 Å². The first kappa shape index (κ1) is 27.1. The molecule has 1 aliphatic heterocycles. The van der Waals surface area contributed by atoms with E-state index in [0.29, 0.717) is 18.3 Å². The van der Waals surface area contributed by atoms with Gasteiger partial charge in [0.2, 0.25) is 5.95 Å². The second-order valence-corrected chi connectivity index (χ2v) is 11.2. The van der Waals surface area contributed by atoms with E-state index in [0.717, 1.165) is 72.5 Å². The summed E-state index contributed by atoms with van der Waals surface area (Å²) in [6, 6.07) is 16.5. The smallest absolute Gasteiger partial charge is 0.227 e. The maximum Gasteiger partial charge on any atom is 0.227 e. The molecular formula is C30H33N9OS. The van der Waals surface area contributed by atoms with Crippen LogP contribution in [0.1, 0.15) is 38.1 Å². The van der Waals surface area contributed by atoms with Crippen molar-refractivity contribution < 1.29 is 4.74 Å². The molecule has 2 N–H and O–H groups in total. The summed E-state index contributed by atoms with van der Waals surface area (Å²) in [7, 11) is 0. The Hall–Kier alpha value is -4.14. The van der Waals surface area contributed by atoms with E-state index in [1.807, 2.05) is 53.6 Å². The van der Waals surface area contributed by atoms with Gasteiger partial charge >= 0.3 is 0 Å². The van der Waals surface area contributed by atoms with Crippen LogP contribution in [0.5, 0.6) is 0 Å². The predicted octanol–water partition coefficient (Wildman–Crippen LogP) is 6.08. The minimum absolute atomic E-state index is 0.117. The van der Waals surface area contributed by atoms with Crippen LogP contribution in [0.2, 0.25) is 0 Å². The summed E-state index contributed by atoms with van der Waals surface area (Å²) in [6.07, 6.45) is 12.7. The van der Waals surface area contributed by atoms with Gasteiger partial charge in [-0.05, 0) is 73.2 Å². The van der Waals surface area contributed by atoms with Crippen molar-refractivity contribution in [3.05, 3.63) is 67.3 Å². The van der Waals surface area contributed by atoms with Crippen LogP contribution in [0.25, 0.3) is 11.3 Å². The number of hydrogen-bond donors (Lipinski definition) is 2. The van der Waals surface area contributed by atoms with E-state index >= 15 is 0 Å². The van der Waals surface area contributed by atoms with Crippen molar-refractivity contribution in [3.63, 3.8) is 0 Å². The SMILES string of the molecule is N#CCC(C1CCCC1)n1cc(-c2ccnc(Nc3ccc(NSc4ccc(N5CCOCC5)nc4)cc3)n2)cn1. The van der Waals surface area contributed by atoms with Gasteiger partial charge in [0.05, 0.1) is 43.6 Å². The Balaban J connectivity index is 1.05. The number of nitrogens with zero attached hydrogens (tertiary/aromatic N) is 7. The first-order valence-electron chi connectivity index (χ1n) is 14.1. The molecule has 2 aliphatic rings. The largest absolute Gasteiger partial charge is 0.378 e. The van der Waals surface area contributed by atoms with E-state index in [9.17, 15) is 5.26 Å². The number of ether oxygens (including phenoxy) is 1. The number of benzene rings is 1. The standard InChI is InChI=1S/C30H33N9OS/c31-13-11-28(22-3-1-2-4-22)39-21-23(19-34-39)27-12-14-32-30(36-27)35-24-5-7-25(8-6-24)37-41-26-9-10-29(33-20-26)38-15-17-40-18-16-38/h5-10,12,14,19-22,28,37H,1-4,11,15-18H2,(H,32,35,36). The van der Waals surface area contributed by atoms with Crippen molar-refractivity contribution in [2.24, 2.45) is 5.92 Å². The molecule has 1 saturated carbocycles. The van der Waals surface area contributed by atoms with Crippen molar-refractivity contribution in [2.45, 2.75) is 43.0 Å². The summed E-state index contributed by atoms with van der Waals surface area (Å²) in [4.78, 5) is 17.0. The summed E-state index contributed by atoms with van der Waals surface area (Å²) in [5.41, 5.74) is 3.58. The molecule has 0 radical (unpaired) electrons. The molecule has 0 spiro atoms. The van der Waals surface area contributed by atoms with Crippen molar-refractivity contribution in [1.82, 2.24) is 24.7 Å². The first-order chi connectivity index (χ1) is 20.2. The third-order valence-electron chi connectivity index (χ3n) is 7.62. The van der Waals surface area contributed by atoms with E-state index in [4.69, 9.17) is 9.72 Å². The highest BCUT2D eigenvalue weighted by Gasteiger charge is 2.27. The van der Waals surface area contributed by atoms with Gasteiger partial charge in [-0.25, -0.2) is 15.0 Å². The van der Waals surface area contributed by atoms with Crippen molar-refractivity contribution in [1.29, 1.82) is 5.26 Å². The number of nitriles is 1. The second-order valence-electron chi connectivity index (χ2n) is 10.3. The zero-order valence-corrected chi connectivity index (χ0v) is 23.6. The highest BCUT2D eigenvalue weighted by Crippen LogP contribution is 2.36. The fourth-order valence-electron chi connectivity index (χ4n) is 5.42. The quantitative estimate of drug-likeness (QED) is 0.218. The summed E-state index contributed by atoms with van der Waals surface area (Å²) in [5.74, 6) is 2.01. The van der Waals surface area contributed by atoms with E-state index in [-0.39, 0.29) is 6.04 Å². The minimum Gasteiger partial charge on any atom is -0.378 e. The van der Waals surface area contributed by atoms with Crippen molar-refractivity contribution in [3.8, 4) is 17.3 Å². The van der Waals surface area contributed by atoms with Gasteiger partial charge in [-0.3, -0.25) is 4.68 Å². The summed E-state index contributed by atoms with van der Waals surface area (Å²) < 4.78 is 10.8. The molecule has 4 heterocycles. The molecule has 210 valence electrons. The Labute approximate surface area is 244 Å². The van der Waals surface area contributed by atoms with Gasteiger partial charge in [-0.15, -0.1) is 0 Å². The molecule has 1 unspecified atom stereocenters. The molecule has 1 atom stereocenters. The fraction of sp³-hybridized carbons (Fsp3) is 0.367. The Morgan fingerprint density at radius 1 is 1.00 bits per heavy atom. The monoisotopic (exact) mass is 567 g/mol. The number of anilines is 4. The van der Waals surface area contributed by atoms with Gasteiger partial charge in [0.15, 0.2) is 0 Å². The Morgan fingerprint density at radius 3 is 2.56 bits per heavy atom. The van der Waals surface area contributed by atoms with Gasteiger partial charge in [0.25, 0.3) is 0 Å². The normalized spacial score (nSPS) is 16.3. The van der Waals surface area contributed by atoms with Crippen molar-refractivity contribution >= 4 is 35.1 Å². The van der Waals surface area contributed by atoms with Gasteiger partial charge in [0, 0.05) is 53.5 Å². The lowest BCUT2D eigenvalue weighted by Gasteiger charge is -2.27. The molecule has 2 fully saturated rings. The summed E-state index contributed by atoms with van der Waals surface area (Å²) in [5, 5.41) is 17.3. The van der Waals surface area contributed by atoms with E-state index in [1.165, 1.54) is 24.8 Å². The highest BCUT2D eigenvalue weighted by molar-refractivity contribution is 8.00. The first-order valence-corrected chi connectivity index (χ1v) is 14.9. The molecule has 11 heteroatoms. The van der Waals surface area contributed by atoms with Gasteiger partial charge in [-0.1, -0.05) is 12.8 Å². The molecule has 4 aromatic rings. The topological polar surface area (TPSA) is 117 Å². The summed E-state index contributed by atoms with van der Waals surface area (Å²) >= 11 is 1.53. The van der Waals surface area contributed by atoms with Crippen LogP contribution in [0.3, 0.4) is 0 Å². The fourth-order valence-corrected chi connectivity index (χ4v) is 6.04. The van der Waals surface area contributed by atoms with E-state index < -0.39 is 0 Å². The van der Waals surface area contributed by atoms with Crippen LogP contribution < -0.4 is 14.9 Å². The van der Waals surface area contributed by atoms with Crippen molar-refractivity contribution in [2.75, 3.05) is 41.2 Å². The third-order valence-corrected chi connectivity index (χ3v) is 8.44. The molecule has 3 aromatic heterocycles. The van der Waals surface area contributed by atoms with Gasteiger partial charge < -0.3 is 19.7 Å². The molecule has 1 aromatic carbocycles. The van der Waals surface area contributed by atoms with Crippen LogP contribution >= 0.6 is 11.9 Å². The molecule has 6 rings (SSSR count). The van der Waals surface area contributed by atoms with Crippen LogP contribution in [-0.4, -0.2) is 51.0 Å². The molecule has 0 amide bonds. The Kier molecular flexibility index (Phi) is 8.59. The van der Waals surface area contributed by atoms with Gasteiger partial charge in [0.1, 0.15) is 5.82 Å². The lowest BCUT2D eigenvalue weighted by Crippen LogP contribution is -2.36. The maximum absolute atomic E-state index is 9.38. The zero-order chi connectivity index (χ0) is 27.9. The number of hydrogen-bond acceptors (Lipinski definition) is 10. The molecule has 1 aliphatic carbocycles. The number of nitrogens with one attached hydrogen (secondary N) is 2. The molecule has 41 heavy (non-hydrogen) atoms. The molecular weight excluding hydrogens is 534 g/mol. The number of aromatic nitrogens is 5. The number of morpholine rings is 1. The maximum atomic E-state index is 9.38. The van der Waals surface area contributed by atoms with Crippen LogP contribution in [0.15, 0.2) is 72.1 Å². The lowest BCUT2D eigenvalue weighted by molar-refractivity contribution is 0.122. The van der Waals surface area contributed by atoms with Crippen LogP contribution in [0, 0.1) is 17.2 Å².